The molecule has 7 nitrogen and oxygen atoms in total. The number of hydrogen-bond acceptors (Lipinski definition) is 7. The maximum Gasteiger partial charge on any atom is 0.222 e. The van der Waals surface area contributed by atoms with Gasteiger partial charge in [0.05, 0.1) is 23.3 Å². The summed E-state index contributed by atoms with van der Waals surface area (Å²) < 4.78 is 14.2. The molecular formula is C19H22N6OS. The maximum absolute atomic E-state index is 12.1. The Balaban J connectivity index is 1.69. The van der Waals surface area contributed by atoms with Crippen LogP contribution in [0.1, 0.15) is 29.7 Å². The predicted molar refractivity (Wildman–Crippen MR) is 106 cm³/mol. The third kappa shape index (κ3) is 3.58. The van der Waals surface area contributed by atoms with E-state index in [1.54, 1.807) is 18.6 Å². The molecule has 8 heteroatoms. The van der Waals surface area contributed by atoms with E-state index >= 15 is 0 Å². The number of nitrogens with two attached hydrogens (primary N) is 1. The lowest BCUT2D eigenvalue weighted by Gasteiger charge is -2.40. The monoisotopic (exact) mass is 382 g/mol. The number of pyridine rings is 1. The number of rotatable bonds is 2. The number of fused-ring (bicyclic) bond motifs is 2. The highest BCUT2D eigenvalue weighted by molar-refractivity contribution is 7.88. The van der Waals surface area contributed by atoms with Crippen LogP contribution in [0.25, 0.3) is 0 Å². The molecule has 2 aromatic rings. The summed E-state index contributed by atoms with van der Waals surface area (Å²) in [6, 6.07) is 4.32. The van der Waals surface area contributed by atoms with Gasteiger partial charge in [0.1, 0.15) is 12.1 Å². The molecule has 0 radical (unpaired) electrons. The van der Waals surface area contributed by atoms with Gasteiger partial charge in [-0.25, -0.2) is 4.98 Å². The molecule has 4 rings (SSSR count). The second kappa shape index (κ2) is 7.35. The van der Waals surface area contributed by atoms with Crippen LogP contribution < -0.4 is 10.6 Å². The smallest absolute Gasteiger partial charge is 0.222 e. The van der Waals surface area contributed by atoms with Crippen LogP contribution in [0, 0.1) is 18.8 Å². The van der Waals surface area contributed by atoms with Crippen molar-refractivity contribution in [2.75, 3.05) is 30.0 Å². The molecule has 3 unspecified atom stereocenters. The molecule has 0 saturated carbocycles. The number of hydrogen-bond donors (Lipinski definition) is 1. The first-order valence-corrected chi connectivity index (χ1v) is 10.5. The summed E-state index contributed by atoms with van der Waals surface area (Å²) in [5.74, 6) is 7.39. The number of aryl methyl sites for hydroxylation is 1. The molecule has 140 valence electrons. The van der Waals surface area contributed by atoms with Crippen molar-refractivity contribution in [2.45, 2.75) is 31.8 Å². The van der Waals surface area contributed by atoms with E-state index < -0.39 is 11.4 Å². The molecule has 2 aliphatic heterocycles. The van der Waals surface area contributed by atoms with Crippen molar-refractivity contribution in [3.8, 4) is 11.8 Å². The van der Waals surface area contributed by atoms with E-state index in [-0.39, 0.29) is 18.0 Å². The van der Waals surface area contributed by atoms with Gasteiger partial charge in [0, 0.05) is 42.4 Å². The summed E-state index contributed by atoms with van der Waals surface area (Å²) in [4.78, 5) is 15.1. The minimum atomic E-state index is -0.949. The Morgan fingerprint density at radius 2 is 1.96 bits per heavy atom. The fraction of sp³-hybridized carbons (Fsp3) is 0.421. The highest BCUT2D eigenvalue weighted by Crippen LogP contribution is 2.35. The molecule has 0 aromatic carbocycles. The Morgan fingerprint density at radius 1 is 1.22 bits per heavy atom. The van der Waals surface area contributed by atoms with E-state index in [9.17, 15) is 4.55 Å². The summed E-state index contributed by atoms with van der Waals surface area (Å²) in [6.45, 7) is 3.45. The molecule has 2 aliphatic rings. The summed E-state index contributed by atoms with van der Waals surface area (Å²) in [6.07, 6.45) is 7.32. The molecule has 2 bridgehead atoms. The standard InChI is InChI=1S/C19H22N6OS/c1-13-17(8-5-14-4-3-9-21-10-14)18(23-19(20)22-13)24-11-15-6-7-16(12-24)25(15)27(2)26/h3-4,9-10,15-16H,6-7,11-12H2,1-2H3,(H2,20,22,23). The fourth-order valence-electron chi connectivity index (χ4n) is 3.98. The van der Waals surface area contributed by atoms with Gasteiger partial charge in [0.15, 0.2) is 0 Å². The first-order valence-electron chi connectivity index (χ1n) is 8.96. The highest BCUT2D eigenvalue weighted by atomic mass is 32.2. The van der Waals surface area contributed by atoms with Crippen LogP contribution in [0.5, 0.6) is 0 Å². The fourth-order valence-corrected chi connectivity index (χ4v) is 5.17. The molecule has 3 atom stereocenters. The maximum atomic E-state index is 12.1. The molecular weight excluding hydrogens is 360 g/mol. The molecule has 4 heterocycles. The van der Waals surface area contributed by atoms with E-state index in [1.807, 2.05) is 19.1 Å². The Bertz CT molecular complexity index is 880. The van der Waals surface area contributed by atoms with Gasteiger partial charge in [-0.2, -0.15) is 4.98 Å². The molecule has 2 fully saturated rings. The second-order valence-corrected chi connectivity index (χ2v) is 8.20. The summed E-state index contributed by atoms with van der Waals surface area (Å²) in [5.41, 5.74) is 8.33. The highest BCUT2D eigenvalue weighted by Gasteiger charge is 2.46. The first-order chi connectivity index (χ1) is 13.0. The summed E-state index contributed by atoms with van der Waals surface area (Å²) in [5, 5.41) is 0. The predicted octanol–water partition coefficient (Wildman–Crippen LogP) is 1.11. The van der Waals surface area contributed by atoms with Gasteiger partial charge in [-0.3, -0.25) is 4.98 Å². The van der Waals surface area contributed by atoms with Crippen LogP contribution in [0.15, 0.2) is 24.5 Å². The molecule has 2 saturated heterocycles. The van der Waals surface area contributed by atoms with Gasteiger partial charge in [-0.15, -0.1) is 4.31 Å². The lowest BCUT2D eigenvalue weighted by Crippen LogP contribution is -2.55. The van der Waals surface area contributed by atoms with Gasteiger partial charge in [0.25, 0.3) is 0 Å². The van der Waals surface area contributed by atoms with Gasteiger partial charge in [-0.05, 0) is 31.9 Å². The lowest BCUT2D eigenvalue weighted by atomic mass is 10.1. The molecule has 0 spiro atoms. The normalized spacial score (nSPS) is 23.0. The average molecular weight is 382 g/mol. The molecule has 2 aromatic heterocycles. The Hall–Kier alpha value is -2.34. The summed E-state index contributed by atoms with van der Waals surface area (Å²) >= 11 is -0.949. The number of anilines is 2. The third-order valence-corrected chi connectivity index (χ3v) is 6.28. The average Bonchev–Trinajstić information content (AvgIpc) is 2.92. The molecule has 0 amide bonds. The van der Waals surface area contributed by atoms with E-state index in [2.05, 4.69) is 36.0 Å². The van der Waals surface area contributed by atoms with E-state index in [4.69, 9.17) is 5.73 Å². The Kier molecular flexibility index (Phi) is 4.91. The summed E-state index contributed by atoms with van der Waals surface area (Å²) in [7, 11) is 0. The first kappa shape index (κ1) is 18.0. The van der Waals surface area contributed by atoms with Gasteiger partial charge < -0.3 is 15.2 Å². The minimum absolute atomic E-state index is 0.253. The largest absolute Gasteiger partial charge is 0.598 e. The van der Waals surface area contributed by atoms with Gasteiger partial charge >= 0.3 is 0 Å². The number of piperazine rings is 1. The minimum Gasteiger partial charge on any atom is -0.598 e. The Morgan fingerprint density at radius 3 is 2.59 bits per heavy atom. The van der Waals surface area contributed by atoms with Crippen molar-refractivity contribution < 1.29 is 4.55 Å². The van der Waals surface area contributed by atoms with E-state index in [1.165, 1.54) is 0 Å². The van der Waals surface area contributed by atoms with Crippen molar-refractivity contribution in [3.63, 3.8) is 0 Å². The molecule has 2 N–H and O–H groups in total. The van der Waals surface area contributed by atoms with Crippen LogP contribution in [0.4, 0.5) is 11.8 Å². The quantitative estimate of drug-likeness (QED) is 0.614. The van der Waals surface area contributed by atoms with E-state index in [0.29, 0.717) is 0 Å². The van der Waals surface area contributed by atoms with Gasteiger partial charge in [-0.1, -0.05) is 11.8 Å². The second-order valence-electron chi connectivity index (χ2n) is 6.93. The van der Waals surface area contributed by atoms with Crippen molar-refractivity contribution in [3.05, 3.63) is 41.3 Å². The van der Waals surface area contributed by atoms with Gasteiger partial charge in [0.2, 0.25) is 5.95 Å². The zero-order chi connectivity index (χ0) is 19.0. The van der Waals surface area contributed by atoms with Crippen LogP contribution in [-0.2, 0) is 11.4 Å². The van der Waals surface area contributed by atoms with Crippen LogP contribution >= 0.6 is 0 Å². The Labute approximate surface area is 162 Å². The number of nitrogens with zero attached hydrogens (tertiary/aromatic N) is 5. The van der Waals surface area contributed by atoms with Crippen molar-refractivity contribution in [2.24, 2.45) is 0 Å². The topological polar surface area (TPSA) is 94.2 Å². The lowest BCUT2D eigenvalue weighted by molar-refractivity contribution is 0.287. The molecule has 0 aliphatic carbocycles. The molecule has 27 heavy (non-hydrogen) atoms. The third-order valence-electron chi connectivity index (χ3n) is 5.09. The van der Waals surface area contributed by atoms with Crippen molar-refractivity contribution >= 4 is 23.1 Å². The zero-order valence-electron chi connectivity index (χ0n) is 15.4. The van der Waals surface area contributed by atoms with Crippen LogP contribution in [0.2, 0.25) is 0 Å². The van der Waals surface area contributed by atoms with Crippen LogP contribution in [0.3, 0.4) is 0 Å². The SMILES string of the molecule is Cc1nc(N)nc(N2CC3CCC(C2)N3[S+](C)[O-])c1C#Cc1cccnc1. The van der Waals surface area contributed by atoms with Crippen LogP contribution in [-0.4, -0.2) is 55.2 Å². The number of nitrogen functional groups attached to an aromatic ring is 1. The van der Waals surface area contributed by atoms with E-state index in [0.717, 1.165) is 48.6 Å². The van der Waals surface area contributed by atoms with Crippen molar-refractivity contribution in [1.82, 2.24) is 19.3 Å². The number of aromatic nitrogens is 3. The van der Waals surface area contributed by atoms with Crippen molar-refractivity contribution in [1.29, 1.82) is 0 Å². The zero-order valence-corrected chi connectivity index (χ0v) is 16.2.